The summed E-state index contributed by atoms with van der Waals surface area (Å²) in [4.78, 5) is 37.2. The lowest BCUT2D eigenvalue weighted by Crippen LogP contribution is -2.57. The number of amides is 2. The molecule has 1 heterocycles. The highest BCUT2D eigenvalue weighted by Crippen LogP contribution is 2.12. The number of nitrogens with two attached hydrogens (primary N) is 1. The van der Waals surface area contributed by atoms with Crippen molar-refractivity contribution in [3.63, 3.8) is 0 Å². The molecule has 0 unspecified atom stereocenters. The SMILES string of the molecule is CC[C@H](C)[C@H](NC(=O)[C@@H](N)Cc1ccsc1)C(=O)N[C@@H](Cc1ccccc1)C(=O)O. The van der Waals surface area contributed by atoms with Gasteiger partial charge >= 0.3 is 5.97 Å². The molecule has 8 heteroatoms. The molecule has 0 aliphatic carbocycles. The fraction of sp³-hybridized carbons (Fsp3) is 0.409. The summed E-state index contributed by atoms with van der Waals surface area (Å²) in [6.07, 6.45) is 1.16. The number of carbonyl (C=O) groups is 3. The van der Waals surface area contributed by atoms with Crippen LogP contribution >= 0.6 is 11.3 Å². The Labute approximate surface area is 180 Å². The first-order valence-electron chi connectivity index (χ1n) is 9.96. The highest BCUT2D eigenvalue weighted by atomic mass is 32.1. The number of thiophene rings is 1. The minimum Gasteiger partial charge on any atom is -0.480 e. The van der Waals surface area contributed by atoms with Crippen molar-refractivity contribution in [1.82, 2.24) is 10.6 Å². The summed E-state index contributed by atoms with van der Waals surface area (Å²) in [5.41, 5.74) is 7.77. The Bertz CT molecular complexity index is 826. The summed E-state index contributed by atoms with van der Waals surface area (Å²) in [5.74, 6) is -2.27. The minimum absolute atomic E-state index is 0.154. The normalized spacial score (nSPS) is 14.9. The molecule has 4 atom stereocenters. The highest BCUT2D eigenvalue weighted by Gasteiger charge is 2.31. The van der Waals surface area contributed by atoms with Crippen molar-refractivity contribution in [2.75, 3.05) is 0 Å². The maximum atomic E-state index is 12.9. The Morgan fingerprint density at radius 3 is 2.30 bits per heavy atom. The zero-order chi connectivity index (χ0) is 22.1. The molecular formula is C22H29N3O4S. The van der Waals surface area contributed by atoms with E-state index < -0.39 is 35.9 Å². The van der Waals surface area contributed by atoms with Crippen molar-refractivity contribution in [2.24, 2.45) is 11.7 Å². The molecule has 0 bridgehead atoms. The predicted molar refractivity (Wildman–Crippen MR) is 117 cm³/mol. The number of carbonyl (C=O) groups excluding carboxylic acids is 2. The van der Waals surface area contributed by atoms with E-state index in [4.69, 9.17) is 5.73 Å². The zero-order valence-electron chi connectivity index (χ0n) is 17.2. The molecule has 0 aliphatic rings. The van der Waals surface area contributed by atoms with Gasteiger partial charge in [-0.05, 0) is 40.3 Å². The monoisotopic (exact) mass is 431 g/mol. The molecule has 0 radical (unpaired) electrons. The summed E-state index contributed by atoms with van der Waals surface area (Å²) < 4.78 is 0. The maximum absolute atomic E-state index is 12.9. The van der Waals surface area contributed by atoms with Gasteiger partial charge in [-0.25, -0.2) is 4.79 Å². The van der Waals surface area contributed by atoms with Gasteiger partial charge in [0, 0.05) is 6.42 Å². The van der Waals surface area contributed by atoms with Gasteiger partial charge in [0.2, 0.25) is 11.8 Å². The number of nitrogens with one attached hydrogen (secondary N) is 2. The van der Waals surface area contributed by atoms with Crippen molar-refractivity contribution in [3.05, 3.63) is 58.3 Å². The fourth-order valence-electron chi connectivity index (χ4n) is 3.03. The second-order valence-corrected chi connectivity index (χ2v) is 8.18. The smallest absolute Gasteiger partial charge is 0.326 e. The van der Waals surface area contributed by atoms with E-state index in [0.717, 1.165) is 11.1 Å². The first-order valence-corrected chi connectivity index (χ1v) is 10.9. The van der Waals surface area contributed by atoms with Gasteiger partial charge < -0.3 is 21.5 Å². The first-order chi connectivity index (χ1) is 14.3. The van der Waals surface area contributed by atoms with Crippen LogP contribution < -0.4 is 16.4 Å². The Morgan fingerprint density at radius 2 is 1.73 bits per heavy atom. The number of benzene rings is 1. The van der Waals surface area contributed by atoms with Gasteiger partial charge in [0.1, 0.15) is 12.1 Å². The van der Waals surface area contributed by atoms with E-state index in [1.807, 2.05) is 48.9 Å². The van der Waals surface area contributed by atoms with E-state index in [2.05, 4.69) is 10.6 Å². The van der Waals surface area contributed by atoms with E-state index in [0.29, 0.717) is 12.8 Å². The first kappa shape index (κ1) is 23.6. The second kappa shape index (κ2) is 11.5. The number of hydrogen-bond acceptors (Lipinski definition) is 5. The van der Waals surface area contributed by atoms with Gasteiger partial charge in [0.05, 0.1) is 6.04 Å². The van der Waals surface area contributed by atoms with E-state index in [1.54, 1.807) is 12.1 Å². The van der Waals surface area contributed by atoms with E-state index >= 15 is 0 Å². The van der Waals surface area contributed by atoms with Crippen molar-refractivity contribution < 1.29 is 19.5 Å². The zero-order valence-corrected chi connectivity index (χ0v) is 18.0. The van der Waals surface area contributed by atoms with Gasteiger partial charge in [0.25, 0.3) is 0 Å². The molecule has 2 rings (SSSR count). The maximum Gasteiger partial charge on any atom is 0.326 e. The quantitative estimate of drug-likeness (QED) is 0.433. The number of rotatable bonds is 11. The molecule has 0 aliphatic heterocycles. The van der Waals surface area contributed by atoms with Gasteiger partial charge in [-0.2, -0.15) is 11.3 Å². The molecule has 2 aromatic rings. The molecule has 162 valence electrons. The number of hydrogen-bond donors (Lipinski definition) is 4. The summed E-state index contributed by atoms with van der Waals surface area (Å²) >= 11 is 1.52. The standard InChI is InChI=1S/C22H29N3O4S/c1-3-14(2)19(25-20(26)17(23)11-16-9-10-30-13-16)21(27)24-18(22(28)29)12-15-7-5-4-6-8-15/h4-10,13-14,17-19H,3,11-12,23H2,1-2H3,(H,24,27)(H,25,26)(H,28,29)/t14-,17-,18-,19-/m0/s1. The van der Waals surface area contributed by atoms with Crippen LogP contribution in [0.25, 0.3) is 0 Å². The lowest BCUT2D eigenvalue weighted by atomic mass is 9.96. The Balaban J connectivity index is 2.05. The van der Waals surface area contributed by atoms with Crippen molar-refractivity contribution in [1.29, 1.82) is 0 Å². The summed E-state index contributed by atoms with van der Waals surface area (Å²) in [7, 11) is 0. The van der Waals surface area contributed by atoms with Crippen molar-refractivity contribution in [2.45, 2.75) is 51.2 Å². The van der Waals surface area contributed by atoms with Gasteiger partial charge in [-0.1, -0.05) is 50.6 Å². The molecule has 1 aromatic heterocycles. The third kappa shape index (κ3) is 6.96. The highest BCUT2D eigenvalue weighted by molar-refractivity contribution is 7.07. The van der Waals surface area contributed by atoms with Crippen molar-refractivity contribution in [3.8, 4) is 0 Å². The lowest BCUT2D eigenvalue weighted by Gasteiger charge is -2.26. The summed E-state index contributed by atoms with van der Waals surface area (Å²) in [5, 5.41) is 18.7. The molecule has 7 nitrogen and oxygen atoms in total. The van der Waals surface area contributed by atoms with Gasteiger partial charge in [0.15, 0.2) is 0 Å². The van der Waals surface area contributed by atoms with Crippen LogP contribution in [0.4, 0.5) is 0 Å². The lowest BCUT2D eigenvalue weighted by molar-refractivity contribution is -0.142. The summed E-state index contributed by atoms with van der Waals surface area (Å²) in [6.45, 7) is 3.74. The average molecular weight is 432 g/mol. The largest absolute Gasteiger partial charge is 0.480 e. The number of aliphatic carboxylic acids is 1. The average Bonchev–Trinajstić information content (AvgIpc) is 3.24. The molecule has 2 amide bonds. The topological polar surface area (TPSA) is 122 Å². The molecule has 0 fully saturated rings. The number of carboxylic acids is 1. The van der Waals surface area contributed by atoms with Crippen LogP contribution in [0.15, 0.2) is 47.2 Å². The predicted octanol–water partition coefficient (Wildman–Crippen LogP) is 1.96. The van der Waals surface area contributed by atoms with Crippen LogP contribution in [-0.2, 0) is 27.2 Å². The van der Waals surface area contributed by atoms with E-state index in [9.17, 15) is 19.5 Å². The van der Waals surface area contributed by atoms with Gasteiger partial charge in [-0.15, -0.1) is 0 Å². The third-order valence-electron chi connectivity index (χ3n) is 5.06. The minimum atomic E-state index is -1.13. The fourth-order valence-corrected chi connectivity index (χ4v) is 3.71. The molecule has 0 spiro atoms. The van der Waals surface area contributed by atoms with Crippen LogP contribution in [0.5, 0.6) is 0 Å². The van der Waals surface area contributed by atoms with E-state index in [1.165, 1.54) is 11.3 Å². The van der Waals surface area contributed by atoms with E-state index in [-0.39, 0.29) is 12.3 Å². The van der Waals surface area contributed by atoms with Crippen LogP contribution in [0.3, 0.4) is 0 Å². The molecule has 5 N–H and O–H groups in total. The molecule has 0 saturated carbocycles. The van der Waals surface area contributed by atoms with Crippen LogP contribution in [0.1, 0.15) is 31.4 Å². The van der Waals surface area contributed by atoms with Crippen LogP contribution in [0, 0.1) is 5.92 Å². The van der Waals surface area contributed by atoms with Crippen LogP contribution in [0.2, 0.25) is 0 Å². The summed E-state index contributed by atoms with van der Waals surface area (Å²) in [6, 6.07) is 8.22. The third-order valence-corrected chi connectivity index (χ3v) is 5.79. The molecule has 30 heavy (non-hydrogen) atoms. The van der Waals surface area contributed by atoms with Crippen LogP contribution in [-0.4, -0.2) is 41.0 Å². The Kier molecular flexibility index (Phi) is 9.01. The molecular weight excluding hydrogens is 402 g/mol. The number of carboxylic acid groups (broad SMARTS) is 1. The van der Waals surface area contributed by atoms with Crippen molar-refractivity contribution >= 4 is 29.1 Å². The molecule has 1 aromatic carbocycles. The second-order valence-electron chi connectivity index (χ2n) is 7.40. The molecule has 0 saturated heterocycles. The Hall–Kier alpha value is -2.71. The van der Waals surface area contributed by atoms with Gasteiger partial charge in [-0.3, -0.25) is 9.59 Å². The Morgan fingerprint density at radius 1 is 1.03 bits per heavy atom.